The lowest BCUT2D eigenvalue weighted by atomic mass is 9.93. The van der Waals surface area contributed by atoms with Crippen molar-refractivity contribution in [2.75, 3.05) is 0 Å². The van der Waals surface area contributed by atoms with Crippen LogP contribution in [-0.4, -0.2) is 16.2 Å². The van der Waals surface area contributed by atoms with Crippen molar-refractivity contribution in [3.05, 3.63) is 65.2 Å². The number of hydrogen-bond donors (Lipinski definition) is 2. The number of hydrogen-bond acceptors (Lipinski definition) is 4. The molecular formula is C57H92O4. The van der Waals surface area contributed by atoms with Gasteiger partial charge in [0.1, 0.15) is 11.3 Å². The maximum atomic E-state index is 13.7. The third-order valence-corrected chi connectivity index (χ3v) is 13.2. The molecular weight excluding hydrogens is 749 g/mol. The number of ether oxygens (including phenoxy) is 1. The quantitative estimate of drug-likeness (QED) is 0.0259. The number of carbonyl (C=O) groups excluding carboxylic acids is 1. The summed E-state index contributed by atoms with van der Waals surface area (Å²) >= 11 is 0. The highest BCUT2D eigenvalue weighted by atomic mass is 16.5. The van der Waals surface area contributed by atoms with E-state index in [9.17, 15) is 15.0 Å². The molecule has 4 heteroatoms. The van der Waals surface area contributed by atoms with Gasteiger partial charge in [-0.25, -0.2) is 4.79 Å². The smallest absolute Gasteiger partial charge is 0.348 e. The molecule has 0 amide bonds. The summed E-state index contributed by atoms with van der Waals surface area (Å²) in [6.07, 6.45) is 49.8. The number of unbranched alkanes of at least 4 members (excludes halogenated alkanes) is 34. The van der Waals surface area contributed by atoms with E-state index in [1.807, 2.05) is 48.5 Å². The first-order valence-corrected chi connectivity index (χ1v) is 26.3. The zero-order chi connectivity index (χ0) is 43.4. The van der Waals surface area contributed by atoms with Gasteiger partial charge < -0.3 is 14.9 Å². The average molecular weight is 841 g/mol. The highest BCUT2D eigenvalue weighted by Crippen LogP contribution is 2.42. The Bertz CT molecular complexity index is 1530. The third kappa shape index (κ3) is 22.8. The molecule has 0 saturated carbocycles. The molecule has 0 bridgehead atoms. The van der Waals surface area contributed by atoms with Crippen molar-refractivity contribution in [1.29, 1.82) is 0 Å². The average Bonchev–Trinajstić information content (AvgIpc) is 3.27. The highest BCUT2D eigenvalue weighted by molar-refractivity contribution is 6.10. The molecule has 0 heterocycles. The van der Waals surface area contributed by atoms with Gasteiger partial charge >= 0.3 is 5.97 Å². The van der Waals surface area contributed by atoms with Gasteiger partial charge in [0.2, 0.25) is 0 Å². The number of para-hydroxylation sites is 1. The molecule has 344 valence electrons. The first kappa shape index (κ1) is 52.3. The van der Waals surface area contributed by atoms with Crippen LogP contribution in [-0.2, 0) is 12.8 Å². The SMILES string of the molecule is CCCCCCCCCCCCCCCCCCCCc1ccccc1OC(=O)c1c(O)c(O)c(CCCCCCCCCCCCCCCCCCCC)c2ccccc12. The van der Waals surface area contributed by atoms with Gasteiger partial charge in [0.05, 0.1) is 0 Å². The van der Waals surface area contributed by atoms with E-state index in [0.29, 0.717) is 17.6 Å². The lowest BCUT2D eigenvalue weighted by molar-refractivity contribution is 0.0731. The summed E-state index contributed by atoms with van der Waals surface area (Å²) in [5, 5.41) is 24.0. The van der Waals surface area contributed by atoms with E-state index in [2.05, 4.69) is 13.8 Å². The van der Waals surface area contributed by atoms with Crippen molar-refractivity contribution in [2.45, 2.75) is 258 Å². The molecule has 0 aromatic heterocycles. The molecule has 0 radical (unpaired) electrons. The summed E-state index contributed by atoms with van der Waals surface area (Å²) in [6, 6.07) is 15.4. The van der Waals surface area contributed by atoms with Crippen LogP contribution in [0, 0.1) is 0 Å². The largest absolute Gasteiger partial charge is 0.504 e. The predicted molar refractivity (Wildman–Crippen MR) is 264 cm³/mol. The minimum Gasteiger partial charge on any atom is -0.504 e. The van der Waals surface area contributed by atoms with Crippen LogP contribution in [0.2, 0.25) is 0 Å². The molecule has 0 unspecified atom stereocenters. The van der Waals surface area contributed by atoms with Crippen molar-refractivity contribution < 1.29 is 19.7 Å². The summed E-state index contributed by atoms with van der Waals surface area (Å²) in [4.78, 5) is 13.7. The fraction of sp³-hybridized carbons (Fsp3) is 0.702. The van der Waals surface area contributed by atoms with E-state index < -0.39 is 5.97 Å². The van der Waals surface area contributed by atoms with Crippen LogP contribution in [0.15, 0.2) is 48.5 Å². The van der Waals surface area contributed by atoms with Gasteiger partial charge in [-0.1, -0.05) is 275 Å². The Kier molecular flexibility index (Phi) is 30.4. The molecule has 0 spiro atoms. The summed E-state index contributed by atoms with van der Waals surface area (Å²) in [5.41, 5.74) is 1.76. The van der Waals surface area contributed by atoms with Crippen LogP contribution in [0.4, 0.5) is 0 Å². The van der Waals surface area contributed by atoms with Crippen molar-refractivity contribution in [3.63, 3.8) is 0 Å². The summed E-state index contributed by atoms with van der Waals surface area (Å²) in [5.74, 6) is -0.661. The number of rotatable bonds is 40. The topological polar surface area (TPSA) is 66.8 Å². The minimum atomic E-state index is -0.631. The van der Waals surface area contributed by atoms with Gasteiger partial charge in [-0.3, -0.25) is 0 Å². The molecule has 0 aliphatic heterocycles. The van der Waals surface area contributed by atoms with Gasteiger partial charge in [-0.05, 0) is 42.7 Å². The number of fused-ring (bicyclic) bond motifs is 1. The molecule has 2 N–H and O–H groups in total. The van der Waals surface area contributed by atoms with Crippen molar-refractivity contribution >= 4 is 16.7 Å². The lowest BCUT2D eigenvalue weighted by Gasteiger charge is -2.16. The van der Waals surface area contributed by atoms with E-state index in [-0.39, 0.29) is 17.1 Å². The fourth-order valence-corrected chi connectivity index (χ4v) is 9.32. The predicted octanol–water partition coefficient (Wildman–Crippen LogP) is 18.6. The molecule has 0 saturated heterocycles. The molecule has 3 rings (SSSR count). The van der Waals surface area contributed by atoms with E-state index in [0.717, 1.165) is 42.2 Å². The Morgan fingerprint density at radius 1 is 0.393 bits per heavy atom. The van der Waals surface area contributed by atoms with Gasteiger partial charge in [-0.15, -0.1) is 0 Å². The molecule has 0 aliphatic carbocycles. The van der Waals surface area contributed by atoms with E-state index in [4.69, 9.17) is 4.74 Å². The molecule has 0 atom stereocenters. The lowest BCUT2D eigenvalue weighted by Crippen LogP contribution is -2.11. The van der Waals surface area contributed by atoms with Gasteiger partial charge in [-0.2, -0.15) is 0 Å². The molecule has 3 aromatic carbocycles. The number of aromatic hydroxyl groups is 2. The van der Waals surface area contributed by atoms with E-state index in [1.54, 1.807) is 0 Å². The second-order valence-electron chi connectivity index (χ2n) is 18.6. The fourth-order valence-electron chi connectivity index (χ4n) is 9.32. The van der Waals surface area contributed by atoms with Gasteiger partial charge in [0, 0.05) is 10.9 Å². The van der Waals surface area contributed by atoms with Crippen LogP contribution >= 0.6 is 0 Å². The normalized spacial score (nSPS) is 11.5. The van der Waals surface area contributed by atoms with Gasteiger partial charge in [0.25, 0.3) is 0 Å². The third-order valence-electron chi connectivity index (χ3n) is 13.2. The van der Waals surface area contributed by atoms with E-state index in [1.165, 1.54) is 212 Å². The van der Waals surface area contributed by atoms with Crippen LogP contribution in [0.1, 0.15) is 266 Å². The Morgan fingerprint density at radius 2 is 0.721 bits per heavy atom. The Hall–Kier alpha value is -3.01. The summed E-state index contributed by atoms with van der Waals surface area (Å²) in [7, 11) is 0. The first-order valence-electron chi connectivity index (χ1n) is 26.3. The van der Waals surface area contributed by atoms with E-state index >= 15 is 0 Å². The van der Waals surface area contributed by atoms with Crippen LogP contribution in [0.25, 0.3) is 10.8 Å². The molecule has 61 heavy (non-hydrogen) atoms. The van der Waals surface area contributed by atoms with Crippen molar-refractivity contribution in [3.8, 4) is 17.2 Å². The van der Waals surface area contributed by atoms with Crippen LogP contribution < -0.4 is 4.74 Å². The number of carbonyl (C=O) groups is 1. The summed E-state index contributed by atoms with van der Waals surface area (Å²) < 4.78 is 5.99. The Labute approximate surface area is 375 Å². The van der Waals surface area contributed by atoms with Crippen LogP contribution in [0.5, 0.6) is 17.2 Å². The number of benzene rings is 3. The second-order valence-corrected chi connectivity index (χ2v) is 18.6. The highest BCUT2D eigenvalue weighted by Gasteiger charge is 2.25. The van der Waals surface area contributed by atoms with Crippen molar-refractivity contribution in [1.82, 2.24) is 0 Å². The maximum absolute atomic E-state index is 13.7. The Morgan fingerprint density at radius 3 is 1.13 bits per heavy atom. The second kappa shape index (κ2) is 35.5. The molecule has 0 aliphatic rings. The monoisotopic (exact) mass is 841 g/mol. The standard InChI is InChI=1S/C57H92O4/c1-3-5-7-9-11-13-15-17-19-21-23-25-27-29-31-33-35-37-43-49-44-39-42-48-53(49)61-57(60)54-51-46-41-40-45-50(51)52(55(58)56(54)59)47-38-36-34-32-30-28-26-24-22-20-18-16-14-12-10-8-6-4-2/h39-42,44-46,48,58-59H,3-38,43,47H2,1-2H3. The van der Waals surface area contributed by atoms with Crippen molar-refractivity contribution in [2.24, 2.45) is 0 Å². The number of phenols is 2. The Balaban J connectivity index is 1.31. The molecule has 0 fully saturated rings. The maximum Gasteiger partial charge on any atom is 0.348 e. The first-order chi connectivity index (χ1) is 30.1. The van der Waals surface area contributed by atoms with Crippen LogP contribution in [0.3, 0.4) is 0 Å². The number of esters is 1. The zero-order valence-electron chi connectivity index (χ0n) is 39.7. The molecule has 4 nitrogen and oxygen atoms in total. The summed E-state index contributed by atoms with van der Waals surface area (Å²) in [6.45, 7) is 4.57. The number of aryl methyl sites for hydroxylation is 2. The molecule has 3 aromatic rings. The van der Waals surface area contributed by atoms with Gasteiger partial charge in [0.15, 0.2) is 11.5 Å². The number of phenolic OH excluding ortho intramolecular Hbond substituents is 2. The minimum absolute atomic E-state index is 0.0395. The zero-order valence-corrected chi connectivity index (χ0v) is 39.7.